The summed E-state index contributed by atoms with van der Waals surface area (Å²) < 4.78 is 0. The number of pyridine rings is 1. The van der Waals surface area contributed by atoms with Gasteiger partial charge in [0.2, 0.25) is 0 Å². The number of aryl methyl sites for hydroxylation is 1. The van der Waals surface area contributed by atoms with Gasteiger partial charge in [0, 0.05) is 0 Å². The molecule has 11 heavy (non-hydrogen) atoms. The van der Waals surface area contributed by atoms with Gasteiger partial charge in [-0.05, 0) is 24.6 Å². The molecule has 60 valence electrons. The first-order valence-electron chi connectivity index (χ1n) is 3.39. The van der Waals surface area contributed by atoms with E-state index in [0.29, 0.717) is 11.6 Å². The standard InChI is InChI=1S/C8H10ClNO/c1-6-2-7(4-9)10-8(3-6)5-11/h2-3,11H,4-5H2,1H3. The number of aliphatic hydroxyl groups is 1. The van der Waals surface area contributed by atoms with Crippen molar-refractivity contribution in [2.75, 3.05) is 0 Å². The van der Waals surface area contributed by atoms with Crippen LogP contribution in [0.2, 0.25) is 0 Å². The highest BCUT2D eigenvalue weighted by Crippen LogP contribution is 2.06. The first-order valence-corrected chi connectivity index (χ1v) is 3.93. The van der Waals surface area contributed by atoms with E-state index < -0.39 is 0 Å². The van der Waals surface area contributed by atoms with Gasteiger partial charge in [0.15, 0.2) is 0 Å². The smallest absolute Gasteiger partial charge is 0.0853 e. The van der Waals surface area contributed by atoms with Gasteiger partial charge < -0.3 is 5.11 Å². The predicted octanol–water partition coefficient (Wildman–Crippen LogP) is 1.62. The van der Waals surface area contributed by atoms with Crippen LogP contribution in [0.15, 0.2) is 12.1 Å². The van der Waals surface area contributed by atoms with Crippen molar-refractivity contribution in [3.63, 3.8) is 0 Å². The molecule has 0 bridgehead atoms. The number of halogens is 1. The molecule has 1 rings (SSSR count). The average Bonchev–Trinajstić information content (AvgIpc) is 2.03. The highest BCUT2D eigenvalue weighted by Gasteiger charge is 1.97. The molecule has 0 aliphatic carbocycles. The molecule has 0 atom stereocenters. The summed E-state index contributed by atoms with van der Waals surface area (Å²) in [6, 6.07) is 3.75. The van der Waals surface area contributed by atoms with E-state index in [-0.39, 0.29) is 6.61 Å². The summed E-state index contributed by atoms with van der Waals surface area (Å²) in [5, 5.41) is 8.78. The molecular weight excluding hydrogens is 162 g/mol. The van der Waals surface area contributed by atoms with Crippen molar-refractivity contribution in [3.8, 4) is 0 Å². The van der Waals surface area contributed by atoms with Crippen LogP contribution in [0.4, 0.5) is 0 Å². The van der Waals surface area contributed by atoms with Crippen molar-refractivity contribution in [2.24, 2.45) is 0 Å². The molecule has 1 heterocycles. The minimum atomic E-state index is -0.0223. The van der Waals surface area contributed by atoms with Gasteiger partial charge >= 0.3 is 0 Å². The molecule has 3 heteroatoms. The monoisotopic (exact) mass is 171 g/mol. The second-order valence-electron chi connectivity index (χ2n) is 2.42. The van der Waals surface area contributed by atoms with Gasteiger partial charge in [-0.15, -0.1) is 11.6 Å². The number of rotatable bonds is 2. The molecule has 0 aromatic carbocycles. The lowest BCUT2D eigenvalue weighted by molar-refractivity contribution is 0.276. The van der Waals surface area contributed by atoms with Crippen molar-refractivity contribution in [3.05, 3.63) is 29.1 Å². The van der Waals surface area contributed by atoms with Crippen molar-refractivity contribution in [2.45, 2.75) is 19.4 Å². The highest BCUT2D eigenvalue weighted by atomic mass is 35.5. The van der Waals surface area contributed by atoms with Crippen molar-refractivity contribution < 1.29 is 5.11 Å². The quantitative estimate of drug-likeness (QED) is 0.686. The first-order chi connectivity index (χ1) is 5.26. The lowest BCUT2D eigenvalue weighted by Crippen LogP contribution is -1.94. The molecule has 0 radical (unpaired) electrons. The van der Waals surface area contributed by atoms with E-state index in [1.54, 1.807) is 0 Å². The minimum Gasteiger partial charge on any atom is -0.390 e. The SMILES string of the molecule is Cc1cc(CO)nc(CCl)c1. The Bertz CT molecular complexity index is 228. The van der Waals surface area contributed by atoms with Gasteiger partial charge in [0.05, 0.1) is 23.9 Å². The summed E-state index contributed by atoms with van der Waals surface area (Å²) in [6.45, 7) is 1.93. The van der Waals surface area contributed by atoms with E-state index in [2.05, 4.69) is 4.98 Å². The van der Waals surface area contributed by atoms with Crippen LogP contribution in [-0.2, 0) is 12.5 Å². The summed E-state index contributed by atoms with van der Waals surface area (Å²) in [4.78, 5) is 4.09. The number of alkyl halides is 1. The van der Waals surface area contributed by atoms with Crippen LogP contribution in [0.3, 0.4) is 0 Å². The molecule has 0 aliphatic heterocycles. The Kier molecular flexibility index (Phi) is 2.85. The number of aliphatic hydroxyl groups excluding tert-OH is 1. The van der Waals surface area contributed by atoms with E-state index in [1.807, 2.05) is 19.1 Å². The van der Waals surface area contributed by atoms with Crippen LogP contribution in [0.5, 0.6) is 0 Å². The Balaban J connectivity index is 3.02. The summed E-state index contributed by atoms with van der Waals surface area (Å²) >= 11 is 5.58. The van der Waals surface area contributed by atoms with Crippen LogP contribution in [0.25, 0.3) is 0 Å². The van der Waals surface area contributed by atoms with Crippen LogP contribution in [-0.4, -0.2) is 10.1 Å². The normalized spacial score (nSPS) is 10.1. The van der Waals surface area contributed by atoms with Crippen molar-refractivity contribution in [1.29, 1.82) is 0 Å². The number of hydrogen-bond donors (Lipinski definition) is 1. The maximum Gasteiger partial charge on any atom is 0.0853 e. The van der Waals surface area contributed by atoms with Gasteiger partial charge in [0.1, 0.15) is 0 Å². The number of nitrogens with zero attached hydrogens (tertiary/aromatic N) is 1. The van der Waals surface area contributed by atoms with Crippen LogP contribution < -0.4 is 0 Å². The average molecular weight is 172 g/mol. The second-order valence-corrected chi connectivity index (χ2v) is 2.69. The second kappa shape index (κ2) is 3.69. The third kappa shape index (κ3) is 2.17. The van der Waals surface area contributed by atoms with E-state index in [0.717, 1.165) is 11.3 Å². The molecule has 1 aromatic heterocycles. The van der Waals surface area contributed by atoms with Crippen molar-refractivity contribution >= 4 is 11.6 Å². The third-order valence-electron chi connectivity index (χ3n) is 1.37. The zero-order chi connectivity index (χ0) is 8.27. The maximum atomic E-state index is 8.78. The fourth-order valence-corrected chi connectivity index (χ4v) is 1.10. The number of aromatic nitrogens is 1. The fourth-order valence-electron chi connectivity index (χ4n) is 0.966. The summed E-state index contributed by atoms with van der Waals surface area (Å²) in [7, 11) is 0. The zero-order valence-corrected chi connectivity index (χ0v) is 7.10. The Morgan fingerprint density at radius 3 is 2.64 bits per heavy atom. The molecule has 1 N–H and O–H groups in total. The van der Waals surface area contributed by atoms with E-state index in [1.165, 1.54) is 0 Å². The minimum absolute atomic E-state index is 0.0223. The van der Waals surface area contributed by atoms with Crippen molar-refractivity contribution in [1.82, 2.24) is 4.98 Å². The lowest BCUT2D eigenvalue weighted by atomic mass is 10.2. The Morgan fingerprint density at radius 1 is 1.45 bits per heavy atom. The Morgan fingerprint density at radius 2 is 2.09 bits per heavy atom. The largest absolute Gasteiger partial charge is 0.390 e. The maximum absolute atomic E-state index is 8.78. The van der Waals surface area contributed by atoms with E-state index in [4.69, 9.17) is 16.7 Å². The van der Waals surface area contributed by atoms with Gasteiger partial charge in [0.25, 0.3) is 0 Å². The molecule has 0 saturated carbocycles. The number of hydrogen-bond acceptors (Lipinski definition) is 2. The predicted molar refractivity (Wildman–Crippen MR) is 44.5 cm³/mol. The van der Waals surface area contributed by atoms with Gasteiger partial charge in [-0.1, -0.05) is 0 Å². The summed E-state index contributed by atoms with van der Waals surface area (Å²) in [6.07, 6.45) is 0. The molecule has 0 unspecified atom stereocenters. The Labute approximate surface area is 70.8 Å². The summed E-state index contributed by atoms with van der Waals surface area (Å²) in [5.41, 5.74) is 2.58. The van der Waals surface area contributed by atoms with Crippen LogP contribution in [0.1, 0.15) is 17.0 Å². The molecule has 0 amide bonds. The van der Waals surface area contributed by atoms with E-state index >= 15 is 0 Å². The molecular formula is C8H10ClNO. The van der Waals surface area contributed by atoms with Crippen LogP contribution in [0, 0.1) is 6.92 Å². The third-order valence-corrected chi connectivity index (χ3v) is 1.65. The molecule has 0 saturated heterocycles. The van der Waals surface area contributed by atoms with Gasteiger partial charge in [-0.3, -0.25) is 4.98 Å². The molecule has 1 aromatic rings. The zero-order valence-electron chi connectivity index (χ0n) is 6.34. The topological polar surface area (TPSA) is 33.1 Å². The molecule has 2 nitrogen and oxygen atoms in total. The highest BCUT2D eigenvalue weighted by molar-refractivity contribution is 6.16. The molecule has 0 fully saturated rings. The molecule has 0 spiro atoms. The molecule has 0 aliphatic rings. The van der Waals surface area contributed by atoms with E-state index in [9.17, 15) is 0 Å². The lowest BCUT2D eigenvalue weighted by Gasteiger charge is -2.00. The summed E-state index contributed by atoms with van der Waals surface area (Å²) in [5.74, 6) is 0.397. The Hall–Kier alpha value is -0.600. The first kappa shape index (κ1) is 8.50. The van der Waals surface area contributed by atoms with Crippen LogP contribution >= 0.6 is 11.6 Å². The fraction of sp³-hybridized carbons (Fsp3) is 0.375. The van der Waals surface area contributed by atoms with Gasteiger partial charge in [-0.2, -0.15) is 0 Å². The van der Waals surface area contributed by atoms with Gasteiger partial charge in [-0.25, -0.2) is 0 Å².